The molecule has 1 saturated heterocycles. The standard InChI is InChI=1S/C23H30N4O2S/c1-4-26-17-20(21-6-5-10-24-23(21)26)9-11-25-12-14-27(15-13-25)30(28,29)22-16-18(2)7-8-19(22)3/h5-8,10,16-17H,4,9,11-15H2,1-3H3. The summed E-state index contributed by atoms with van der Waals surface area (Å²) < 4.78 is 30.1. The minimum absolute atomic E-state index is 0.441. The van der Waals surface area contributed by atoms with Crippen LogP contribution in [0.15, 0.2) is 47.6 Å². The van der Waals surface area contributed by atoms with Gasteiger partial charge in [0.25, 0.3) is 0 Å². The molecule has 1 aliphatic heterocycles. The van der Waals surface area contributed by atoms with E-state index in [9.17, 15) is 8.42 Å². The number of hydrogen-bond acceptors (Lipinski definition) is 4. The van der Waals surface area contributed by atoms with Gasteiger partial charge in [0.05, 0.1) is 4.90 Å². The van der Waals surface area contributed by atoms with Crippen molar-refractivity contribution in [3.05, 3.63) is 59.4 Å². The Hall–Kier alpha value is -2.22. The van der Waals surface area contributed by atoms with Gasteiger partial charge in [-0.25, -0.2) is 13.4 Å². The Morgan fingerprint density at radius 3 is 2.57 bits per heavy atom. The molecule has 0 saturated carbocycles. The van der Waals surface area contributed by atoms with E-state index in [1.54, 1.807) is 10.4 Å². The van der Waals surface area contributed by atoms with E-state index in [4.69, 9.17) is 0 Å². The van der Waals surface area contributed by atoms with Crippen LogP contribution in [-0.4, -0.2) is 59.9 Å². The Kier molecular flexibility index (Phi) is 5.95. The maximum Gasteiger partial charge on any atom is 0.243 e. The van der Waals surface area contributed by atoms with E-state index in [1.807, 2.05) is 38.2 Å². The normalized spacial score (nSPS) is 16.4. The zero-order valence-electron chi connectivity index (χ0n) is 18.0. The zero-order chi connectivity index (χ0) is 21.3. The first-order valence-electron chi connectivity index (χ1n) is 10.6. The molecular formula is C23H30N4O2S. The van der Waals surface area contributed by atoms with Gasteiger partial charge in [0.2, 0.25) is 10.0 Å². The molecule has 1 aliphatic rings. The number of aromatic nitrogens is 2. The molecule has 1 aromatic carbocycles. The number of aryl methyl sites for hydroxylation is 3. The van der Waals surface area contributed by atoms with E-state index in [2.05, 4.69) is 33.6 Å². The number of hydrogen-bond donors (Lipinski definition) is 0. The third-order valence-corrected chi connectivity index (χ3v) is 8.09. The van der Waals surface area contributed by atoms with Crippen molar-refractivity contribution in [3.63, 3.8) is 0 Å². The molecule has 0 atom stereocenters. The number of nitrogens with zero attached hydrogens (tertiary/aromatic N) is 4. The molecule has 0 bridgehead atoms. The van der Waals surface area contributed by atoms with Crippen LogP contribution in [0, 0.1) is 13.8 Å². The fourth-order valence-electron chi connectivity index (χ4n) is 4.23. The molecule has 7 heteroatoms. The minimum Gasteiger partial charge on any atom is -0.333 e. The first-order valence-corrected chi connectivity index (χ1v) is 12.1. The molecule has 6 nitrogen and oxygen atoms in total. The van der Waals surface area contributed by atoms with E-state index in [1.165, 1.54) is 10.9 Å². The molecule has 0 unspecified atom stereocenters. The lowest BCUT2D eigenvalue weighted by atomic mass is 10.1. The van der Waals surface area contributed by atoms with Crippen LogP contribution < -0.4 is 0 Å². The van der Waals surface area contributed by atoms with Gasteiger partial charge in [-0.05, 0) is 62.1 Å². The Balaban J connectivity index is 1.40. The van der Waals surface area contributed by atoms with Crippen LogP contribution in [0.25, 0.3) is 11.0 Å². The maximum absolute atomic E-state index is 13.1. The highest BCUT2D eigenvalue weighted by Gasteiger charge is 2.29. The summed E-state index contributed by atoms with van der Waals surface area (Å²) in [6, 6.07) is 9.76. The molecule has 0 spiro atoms. The van der Waals surface area contributed by atoms with Crippen LogP contribution in [0.5, 0.6) is 0 Å². The molecule has 4 rings (SSSR count). The Morgan fingerprint density at radius 2 is 1.83 bits per heavy atom. The second-order valence-corrected chi connectivity index (χ2v) is 9.99. The van der Waals surface area contributed by atoms with Crippen molar-refractivity contribution < 1.29 is 8.42 Å². The predicted octanol–water partition coefficient (Wildman–Crippen LogP) is 3.22. The Labute approximate surface area is 179 Å². The lowest BCUT2D eigenvalue weighted by Crippen LogP contribution is -2.49. The molecule has 160 valence electrons. The topological polar surface area (TPSA) is 58.4 Å². The van der Waals surface area contributed by atoms with E-state index in [0.29, 0.717) is 18.0 Å². The van der Waals surface area contributed by atoms with Crippen LogP contribution in [0.1, 0.15) is 23.6 Å². The van der Waals surface area contributed by atoms with Gasteiger partial charge in [0.15, 0.2) is 0 Å². The monoisotopic (exact) mass is 426 g/mol. The van der Waals surface area contributed by atoms with E-state index in [-0.39, 0.29) is 0 Å². The number of rotatable bonds is 6. The number of piperazine rings is 1. The van der Waals surface area contributed by atoms with Crippen molar-refractivity contribution in [2.75, 3.05) is 32.7 Å². The third kappa shape index (κ3) is 4.02. The molecule has 3 heterocycles. The van der Waals surface area contributed by atoms with Gasteiger partial charge in [-0.1, -0.05) is 12.1 Å². The van der Waals surface area contributed by atoms with E-state index in [0.717, 1.165) is 49.4 Å². The molecule has 2 aromatic heterocycles. The van der Waals surface area contributed by atoms with Crippen LogP contribution >= 0.6 is 0 Å². The summed E-state index contributed by atoms with van der Waals surface area (Å²) in [6.45, 7) is 10.3. The average molecular weight is 427 g/mol. The van der Waals surface area contributed by atoms with Gasteiger partial charge in [-0.15, -0.1) is 0 Å². The van der Waals surface area contributed by atoms with Crippen LogP contribution in [-0.2, 0) is 23.0 Å². The van der Waals surface area contributed by atoms with E-state index < -0.39 is 10.0 Å². The first kappa shape index (κ1) is 21.0. The number of benzene rings is 1. The van der Waals surface area contributed by atoms with Gasteiger partial charge in [-0.3, -0.25) is 0 Å². The summed E-state index contributed by atoms with van der Waals surface area (Å²) in [5.41, 5.74) is 4.13. The van der Waals surface area contributed by atoms with Crippen molar-refractivity contribution >= 4 is 21.1 Å². The number of sulfonamides is 1. The molecule has 0 aliphatic carbocycles. The maximum atomic E-state index is 13.1. The highest BCUT2D eigenvalue weighted by Crippen LogP contribution is 2.23. The quantitative estimate of drug-likeness (QED) is 0.607. The molecule has 0 amide bonds. The van der Waals surface area contributed by atoms with Crippen molar-refractivity contribution in [3.8, 4) is 0 Å². The van der Waals surface area contributed by atoms with Gasteiger partial charge in [-0.2, -0.15) is 4.31 Å². The summed E-state index contributed by atoms with van der Waals surface area (Å²) in [7, 11) is -3.44. The van der Waals surface area contributed by atoms with Crippen LogP contribution in [0.4, 0.5) is 0 Å². The second kappa shape index (κ2) is 8.49. The van der Waals surface area contributed by atoms with Crippen molar-refractivity contribution in [1.82, 2.24) is 18.8 Å². The van der Waals surface area contributed by atoms with Crippen LogP contribution in [0.3, 0.4) is 0 Å². The van der Waals surface area contributed by atoms with Crippen molar-refractivity contribution in [2.45, 2.75) is 38.6 Å². The average Bonchev–Trinajstić information content (AvgIpc) is 3.12. The largest absolute Gasteiger partial charge is 0.333 e. The highest BCUT2D eigenvalue weighted by atomic mass is 32.2. The Morgan fingerprint density at radius 1 is 1.07 bits per heavy atom. The molecule has 0 N–H and O–H groups in total. The predicted molar refractivity (Wildman–Crippen MR) is 120 cm³/mol. The lowest BCUT2D eigenvalue weighted by Gasteiger charge is -2.34. The summed E-state index contributed by atoms with van der Waals surface area (Å²) in [5, 5.41) is 1.22. The second-order valence-electron chi connectivity index (χ2n) is 8.08. The SMILES string of the molecule is CCn1cc(CCN2CCN(S(=O)(=O)c3cc(C)ccc3C)CC2)c2cccnc21. The zero-order valence-corrected chi connectivity index (χ0v) is 18.8. The van der Waals surface area contributed by atoms with Crippen LogP contribution in [0.2, 0.25) is 0 Å². The summed E-state index contributed by atoms with van der Waals surface area (Å²) in [4.78, 5) is 7.32. The summed E-state index contributed by atoms with van der Waals surface area (Å²) in [6.07, 6.45) is 4.99. The Bertz CT molecular complexity index is 1150. The highest BCUT2D eigenvalue weighted by molar-refractivity contribution is 7.89. The molecule has 30 heavy (non-hydrogen) atoms. The fraction of sp³-hybridized carbons (Fsp3) is 0.435. The smallest absolute Gasteiger partial charge is 0.243 e. The number of pyridine rings is 1. The summed E-state index contributed by atoms with van der Waals surface area (Å²) >= 11 is 0. The molecule has 3 aromatic rings. The fourth-order valence-corrected chi connectivity index (χ4v) is 5.96. The van der Waals surface area contributed by atoms with Gasteiger partial charge in [0.1, 0.15) is 5.65 Å². The van der Waals surface area contributed by atoms with Gasteiger partial charge < -0.3 is 9.47 Å². The number of fused-ring (bicyclic) bond motifs is 1. The molecule has 1 fully saturated rings. The van der Waals surface area contributed by atoms with Crippen molar-refractivity contribution in [1.29, 1.82) is 0 Å². The third-order valence-electron chi connectivity index (χ3n) is 6.05. The van der Waals surface area contributed by atoms with Crippen molar-refractivity contribution in [2.24, 2.45) is 0 Å². The molecule has 0 radical (unpaired) electrons. The first-order chi connectivity index (χ1) is 14.4. The molecular weight excluding hydrogens is 396 g/mol. The summed E-state index contributed by atoms with van der Waals surface area (Å²) in [5.74, 6) is 0. The lowest BCUT2D eigenvalue weighted by molar-refractivity contribution is 0.190. The minimum atomic E-state index is -3.44. The van der Waals surface area contributed by atoms with Gasteiger partial charge in [0, 0.05) is 57.0 Å². The van der Waals surface area contributed by atoms with Gasteiger partial charge >= 0.3 is 0 Å². The van der Waals surface area contributed by atoms with E-state index >= 15 is 0 Å².